The van der Waals surface area contributed by atoms with Gasteiger partial charge in [0.2, 0.25) is 5.91 Å². The second-order valence-corrected chi connectivity index (χ2v) is 2.65. The summed E-state index contributed by atoms with van der Waals surface area (Å²) in [7, 11) is 0. The Morgan fingerprint density at radius 2 is 2.45 bits per heavy atom. The first-order valence-corrected chi connectivity index (χ1v) is 3.55. The minimum absolute atomic E-state index is 0.0405. The molecule has 1 aliphatic heterocycles. The highest BCUT2D eigenvalue weighted by molar-refractivity contribution is 6.01. The van der Waals surface area contributed by atoms with Gasteiger partial charge in [-0.25, -0.2) is 4.98 Å². The zero-order valence-electron chi connectivity index (χ0n) is 6.16. The summed E-state index contributed by atoms with van der Waals surface area (Å²) in [5.41, 5.74) is 0.998. The minimum atomic E-state index is -0.0429. The third-order valence-corrected chi connectivity index (χ3v) is 1.94. The number of amides is 1. The van der Waals surface area contributed by atoms with Gasteiger partial charge in [0.15, 0.2) is 0 Å². The van der Waals surface area contributed by atoms with Crippen molar-refractivity contribution in [1.82, 2.24) is 4.98 Å². The van der Waals surface area contributed by atoms with E-state index in [0.717, 1.165) is 5.56 Å². The highest BCUT2D eigenvalue weighted by Crippen LogP contribution is 2.28. The van der Waals surface area contributed by atoms with Gasteiger partial charge in [-0.2, -0.15) is 0 Å². The highest BCUT2D eigenvalue weighted by atomic mass is 16.2. The summed E-state index contributed by atoms with van der Waals surface area (Å²) in [5.74, 6) is 0.711. The molecule has 0 fully saturated rings. The molecule has 11 heavy (non-hydrogen) atoms. The van der Waals surface area contributed by atoms with Gasteiger partial charge in [-0.1, -0.05) is 6.07 Å². The van der Waals surface area contributed by atoms with E-state index in [2.05, 4.69) is 10.3 Å². The number of fused-ring (bicyclic) bond motifs is 1. The normalized spacial score (nSPS) is 21.2. The second kappa shape index (κ2) is 2.05. The van der Waals surface area contributed by atoms with Gasteiger partial charge < -0.3 is 5.32 Å². The van der Waals surface area contributed by atoms with Crippen LogP contribution in [0.3, 0.4) is 0 Å². The molecular formula is C8H8N2O. The Bertz CT molecular complexity index is 309. The third kappa shape index (κ3) is 0.808. The number of nitrogens with one attached hydrogen (secondary N) is 1. The Kier molecular flexibility index (Phi) is 1.18. The molecule has 1 amide bonds. The van der Waals surface area contributed by atoms with E-state index in [1.807, 2.05) is 19.1 Å². The molecular weight excluding hydrogens is 140 g/mol. The fourth-order valence-electron chi connectivity index (χ4n) is 1.24. The van der Waals surface area contributed by atoms with Crippen LogP contribution in [0.2, 0.25) is 0 Å². The van der Waals surface area contributed by atoms with Crippen LogP contribution in [0.25, 0.3) is 0 Å². The zero-order chi connectivity index (χ0) is 7.84. The van der Waals surface area contributed by atoms with E-state index in [4.69, 9.17) is 0 Å². The zero-order valence-corrected chi connectivity index (χ0v) is 6.16. The first-order chi connectivity index (χ1) is 5.29. The second-order valence-electron chi connectivity index (χ2n) is 2.65. The van der Waals surface area contributed by atoms with Crippen LogP contribution in [-0.2, 0) is 4.79 Å². The summed E-state index contributed by atoms with van der Waals surface area (Å²) >= 11 is 0. The van der Waals surface area contributed by atoms with Crippen molar-refractivity contribution in [2.45, 2.75) is 12.8 Å². The van der Waals surface area contributed by atoms with Gasteiger partial charge in [0, 0.05) is 11.8 Å². The van der Waals surface area contributed by atoms with Gasteiger partial charge in [0.1, 0.15) is 5.82 Å². The molecule has 2 rings (SSSR count). The molecule has 1 aliphatic rings. The first-order valence-electron chi connectivity index (χ1n) is 3.55. The van der Waals surface area contributed by atoms with E-state index < -0.39 is 0 Å². The molecule has 3 heteroatoms. The number of carbonyl (C=O) groups excluding carboxylic acids is 1. The lowest BCUT2D eigenvalue weighted by Gasteiger charge is -1.96. The Hall–Kier alpha value is -1.38. The monoisotopic (exact) mass is 148 g/mol. The SMILES string of the molecule is C[C@H]1C(=O)Nc2ncccc21. The van der Waals surface area contributed by atoms with Crippen molar-refractivity contribution in [3.8, 4) is 0 Å². The van der Waals surface area contributed by atoms with E-state index in [0.29, 0.717) is 5.82 Å². The summed E-state index contributed by atoms with van der Waals surface area (Å²) in [6.07, 6.45) is 1.68. The Morgan fingerprint density at radius 1 is 1.64 bits per heavy atom. The quantitative estimate of drug-likeness (QED) is 0.599. The molecule has 0 aromatic carbocycles. The number of hydrogen-bond acceptors (Lipinski definition) is 2. The lowest BCUT2D eigenvalue weighted by molar-refractivity contribution is -0.116. The van der Waals surface area contributed by atoms with Crippen LogP contribution in [0.1, 0.15) is 18.4 Å². The van der Waals surface area contributed by atoms with E-state index in [-0.39, 0.29) is 11.8 Å². The molecule has 2 heterocycles. The van der Waals surface area contributed by atoms with Crippen molar-refractivity contribution in [2.24, 2.45) is 0 Å². The molecule has 3 nitrogen and oxygen atoms in total. The smallest absolute Gasteiger partial charge is 0.232 e. The van der Waals surface area contributed by atoms with Gasteiger partial charge >= 0.3 is 0 Å². The number of anilines is 1. The summed E-state index contributed by atoms with van der Waals surface area (Å²) < 4.78 is 0. The van der Waals surface area contributed by atoms with Crippen LogP contribution in [0.15, 0.2) is 18.3 Å². The molecule has 0 spiro atoms. The van der Waals surface area contributed by atoms with E-state index >= 15 is 0 Å². The standard InChI is InChI=1S/C8H8N2O/c1-5-6-3-2-4-9-7(6)10-8(5)11/h2-5H,1H3,(H,9,10,11)/t5-/m1/s1. The first kappa shape index (κ1) is 6.34. The van der Waals surface area contributed by atoms with E-state index in [9.17, 15) is 4.79 Å². The molecule has 1 atom stereocenters. The van der Waals surface area contributed by atoms with Crippen LogP contribution in [-0.4, -0.2) is 10.9 Å². The maximum absolute atomic E-state index is 11.1. The maximum Gasteiger partial charge on any atom is 0.232 e. The van der Waals surface area contributed by atoms with Crippen LogP contribution < -0.4 is 5.32 Å². The number of carbonyl (C=O) groups is 1. The summed E-state index contributed by atoms with van der Waals surface area (Å²) in [6.45, 7) is 1.88. The van der Waals surface area contributed by atoms with Crippen molar-refractivity contribution in [3.63, 3.8) is 0 Å². The fourth-order valence-corrected chi connectivity index (χ4v) is 1.24. The van der Waals surface area contributed by atoms with Gasteiger partial charge in [0.25, 0.3) is 0 Å². The number of hydrogen-bond donors (Lipinski definition) is 1. The van der Waals surface area contributed by atoms with Crippen molar-refractivity contribution >= 4 is 11.7 Å². The molecule has 0 bridgehead atoms. The summed E-state index contributed by atoms with van der Waals surface area (Å²) in [6, 6.07) is 3.76. The number of pyridine rings is 1. The molecule has 0 saturated carbocycles. The maximum atomic E-state index is 11.1. The summed E-state index contributed by atoms with van der Waals surface area (Å²) in [4.78, 5) is 15.1. The van der Waals surface area contributed by atoms with Crippen LogP contribution in [0, 0.1) is 0 Å². The average Bonchev–Trinajstić information content (AvgIpc) is 2.30. The van der Waals surface area contributed by atoms with Crippen LogP contribution >= 0.6 is 0 Å². The number of nitrogens with zero attached hydrogens (tertiary/aromatic N) is 1. The van der Waals surface area contributed by atoms with Crippen molar-refractivity contribution in [1.29, 1.82) is 0 Å². The van der Waals surface area contributed by atoms with Crippen LogP contribution in [0.5, 0.6) is 0 Å². The number of rotatable bonds is 0. The van der Waals surface area contributed by atoms with Crippen LogP contribution in [0.4, 0.5) is 5.82 Å². The molecule has 56 valence electrons. The Labute approximate surface area is 64.5 Å². The third-order valence-electron chi connectivity index (χ3n) is 1.94. The lowest BCUT2D eigenvalue weighted by Crippen LogP contribution is -2.08. The highest BCUT2D eigenvalue weighted by Gasteiger charge is 2.26. The summed E-state index contributed by atoms with van der Waals surface area (Å²) in [5, 5.41) is 2.70. The molecule has 0 unspecified atom stereocenters. The largest absolute Gasteiger partial charge is 0.310 e. The van der Waals surface area contributed by atoms with E-state index in [1.54, 1.807) is 6.20 Å². The van der Waals surface area contributed by atoms with Gasteiger partial charge in [-0.15, -0.1) is 0 Å². The van der Waals surface area contributed by atoms with Crippen molar-refractivity contribution in [2.75, 3.05) is 5.32 Å². The molecule has 0 saturated heterocycles. The number of aromatic nitrogens is 1. The Morgan fingerprint density at radius 3 is 3.18 bits per heavy atom. The molecule has 1 N–H and O–H groups in total. The minimum Gasteiger partial charge on any atom is -0.310 e. The fraction of sp³-hybridized carbons (Fsp3) is 0.250. The van der Waals surface area contributed by atoms with Gasteiger partial charge in [-0.3, -0.25) is 4.79 Å². The van der Waals surface area contributed by atoms with E-state index in [1.165, 1.54) is 0 Å². The average molecular weight is 148 g/mol. The Balaban J connectivity index is 2.55. The molecule has 0 aliphatic carbocycles. The lowest BCUT2D eigenvalue weighted by atomic mass is 10.1. The predicted octanol–water partition coefficient (Wildman–Crippen LogP) is 1.14. The van der Waals surface area contributed by atoms with Gasteiger partial charge in [0.05, 0.1) is 5.92 Å². The van der Waals surface area contributed by atoms with Crippen molar-refractivity contribution < 1.29 is 4.79 Å². The predicted molar refractivity (Wildman–Crippen MR) is 41.3 cm³/mol. The topological polar surface area (TPSA) is 42.0 Å². The molecule has 1 aromatic heterocycles. The molecule has 0 radical (unpaired) electrons. The van der Waals surface area contributed by atoms with Gasteiger partial charge in [-0.05, 0) is 13.0 Å². The van der Waals surface area contributed by atoms with Crippen molar-refractivity contribution in [3.05, 3.63) is 23.9 Å². The molecule has 1 aromatic rings.